The summed E-state index contributed by atoms with van der Waals surface area (Å²) in [7, 11) is 0. The second-order valence-electron chi connectivity index (χ2n) is 5.07. The molecule has 0 spiro atoms. The lowest BCUT2D eigenvalue weighted by Gasteiger charge is -2.22. The van der Waals surface area contributed by atoms with Crippen molar-refractivity contribution in [2.75, 3.05) is 6.54 Å². The monoisotopic (exact) mass is 221 g/mol. The average molecular weight is 221 g/mol. The number of nitrogens with one attached hydrogen (secondary N) is 1. The molecule has 0 aliphatic carbocycles. The normalized spacial score (nSPS) is 13.6. The first-order valence-corrected chi connectivity index (χ1v) is 5.94. The third-order valence-electron chi connectivity index (χ3n) is 2.29. The fourth-order valence-electron chi connectivity index (χ4n) is 1.62. The molecule has 0 aliphatic heterocycles. The SMILES string of the molecule is CCNC(C)c1cccc(OC(C)(C)C)c1. The smallest absolute Gasteiger partial charge is 0.120 e. The Kier molecular flexibility index (Phi) is 4.36. The number of rotatable bonds is 4. The van der Waals surface area contributed by atoms with Gasteiger partial charge in [0.05, 0.1) is 0 Å². The third kappa shape index (κ3) is 4.23. The maximum Gasteiger partial charge on any atom is 0.120 e. The van der Waals surface area contributed by atoms with Crippen LogP contribution in [0.5, 0.6) is 5.75 Å². The summed E-state index contributed by atoms with van der Waals surface area (Å²) in [5, 5.41) is 3.40. The van der Waals surface area contributed by atoms with Crippen molar-refractivity contribution < 1.29 is 4.74 Å². The first kappa shape index (κ1) is 13.0. The van der Waals surface area contributed by atoms with Crippen LogP contribution in [0.3, 0.4) is 0 Å². The summed E-state index contributed by atoms with van der Waals surface area (Å²) in [6, 6.07) is 8.66. The molecule has 0 saturated carbocycles. The molecule has 1 unspecified atom stereocenters. The van der Waals surface area contributed by atoms with E-state index in [4.69, 9.17) is 4.74 Å². The first-order valence-electron chi connectivity index (χ1n) is 5.94. The van der Waals surface area contributed by atoms with Gasteiger partial charge in [-0.15, -0.1) is 0 Å². The predicted molar refractivity (Wildman–Crippen MR) is 68.9 cm³/mol. The van der Waals surface area contributed by atoms with Gasteiger partial charge in [-0.05, 0) is 51.9 Å². The summed E-state index contributed by atoms with van der Waals surface area (Å²) in [6.07, 6.45) is 0. The Bertz CT molecular complexity index is 328. The van der Waals surface area contributed by atoms with Crippen molar-refractivity contribution in [3.63, 3.8) is 0 Å². The maximum absolute atomic E-state index is 5.84. The van der Waals surface area contributed by atoms with Crippen LogP contribution in [0.2, 0.25) is 0 Å². The molecule has 2 heteroatoms. The Morgan fingerprint density at radius 2 is 2.00 bits per heavy atom. The van der Waals surface area contributed by atoms with Gasteiger partial charge in [-0.1, -0.05) is 19.1 Å². The van der Waals surface area contributed by atoms with Crippen LogP contribution in [0, 0.1) is 0 Å². The van der Waals surface area contributed by atoms with Gasteiger partial charge in [0.25, 0.3) is 0 Å². The minimum Gasteiger partial charge on any atom is -0.488 e. The van der Waals surface area contributed by atoms with Crippen molar-refractivity contribution in [3.8, 4) is 5.75 Å². The Morgan fingerprint density at radius 3 is 2.56 bits per heavy atom. The Morgan fingerprint density at radius 1 is 1.31 bits per heavy atom. The minimum absolute atomic E-state index is 0.139. The molecule has 0 aromatic heterocycles. The molecule has 0 bridgehead atoms. The molecule has 1 aromatic rings. The van der Waals surface area contributed by atoms with Crippen LogP contribution >= 0.6 is 0 Å². The topological polar surface area (TPSA) is 21.3 Å². The molecule has 90 valence electrons. The zero-order valence-corrected chi connectivity index (χ0v) is 11.0. The van der Waals surface area contributed by atoms with E-state index in [-0.39, 0.29) is 5.60 Å². The van der Waals surface area contributed by atoms with E-state index in [1.54, 1.807) is 0 Å². The maximum atomic E-state index is 5.84. The zero-order chi connectivity index (χ0) is 12.2. The number of hydrogen-bond acceptors (Lipinski definition) is 2. The molecule has 1 N–H and O–H groups in total. The lowest BCUT2D eigenvalue weighted by atomic mass is 10.1. The van der Waals surface area contributed by atoms with Gasteiger partial charge in [-0.2, -0.15) is 0 Å². The molecular weight excluding hydrogens is 198 g/mol. The number of hydrogen-bond donors (Lipinski definition) is 1. The lowest BCUT2D eigenvalue weighted by Crippen LogP contribution is -2.23. The highest BCUT2D eigenvalue weighted by Gasteiger charge is 2.12. The zero-order valence-electron chi connectivity index (χ0n) is 11.0. The van der Waals surface area contributed by atoms with Gasteiger partial charge in [0.15, 0.2) is 0 Å². The fourth-order valence-corrected chi connectivity index (χ4v) is 1.62. The van der Waals surface area contributed by atoms with E-state index in [0.717, 1.165) is 12.3 Å². The van der Waals surface area contributed by atoms with E-state index in [1.807, 2.05) is 12.1 Å². The van der Waals surface area contributed by atoms with E-state index >= 15 is 0 Å². The highest BCUT2D eigenvalue weighted by molar-refractivity contribution is 5.30. The van der Waals surface area contributed by atoms with Crippen LogP contribution in [0.25, 0.3) is 0 Å². The first-order chi connectivity index (χ1) is 7.42. The molecule has 1 rings (SSSR count). The van der Waals surface area contributed by atoms with E-state index in [1.165, 1.54) is 5.56 Å². The van der Waals surface area contributed by atoms with Gasteiger partial charge in [0.2, 0.25) is 0 Å². The fraction of sp³-hybridized carbons (Fsp3) is 0.571. The van der Waals surface area contributed by atoms with Gasteiger partial charge >= 0.3 is 0 Å². The van der Waals surface area contributed by atoms with Gasteiger partial charge in [-0.3, -0.25) is 0 Å². The van der Waals surface area contributed by atoms with Crippen molar-refractivity contribution in [2.45, 2.75) is 46.3 Å². The second kappa shape index (κ2) is 5.35. The van der Waals surface area contributed by atoms with E-state index in [9.17, 15) is 0 Å². The van der Waals surface area contributed by atoms with Crippen molar-refractivity contribution in [3.05, 3.63) is 29.8 Å². The van der Waals surface area contributed by atoms with Crippen molar-refractivity contribution in [1.82, 2.24) is 5.32 Å². The number of ether oxygens (including phenoxy) is 1. The van der Waals surface area contributed by atoms with Gasteiger partial charge in [0, 0.05) is 6.04 Å². The van der Waals surface area contributed by atoms with Crippen LogP contribution < -0.4 is 10.1 Å². The molecule has 16 heavy (non-hydrogen) atoms. The molecule has 1 atom stereocenters. The molecule has 2 nitrogen and oxygen atoms in total. The van der Waals surface area contributed by atoms with Crippen molar-refractivity contribution in [1.29, 1.82) is 0 Å². The molecule has 0 aliphatic rings. The third-order valence-corrected chi connectivity index (χ3v) is 2.29. The second-order valence-corrected chi connectivity index (χ2v) is 5.07. The van der Waals surface area contributed by atoms with E-state index < -0.39 is 0 Å². The molecule has 0 amide bonds. The summed E-state index contributed by atoms with van der Waals surface area (Å²) in [5.74, 6) is 0.940. The minimum atomic E-state index is -0.139. The predicted octanol–water partition coefficient (Wildman–Crippen LogP) is 3.53. The van der Waals surface area contributed by atoms with Crippen LogP contribution in [-0.2, 0) is 0 Å². The van der Waals surface area contributed by atoms with Crippen molar-refractivity contribution in [2.24, 2.45) is 0 Å². The van der Waals surface area contributed by atoms with E-state index in [2.05, 4.69) is 52.1 Å². The Labute approximate surface area is 99.0 Å². The molecule has 0 heterocycles. The molecule has 1 aromatic carbocycles. The number of benzene rings is 1. The highest BCUT2D eigenvalue weighted by atomic mass is 16.5. The van der Waals surface area contributed by atoms with Crippen molar-refractivity contribution >= 4 is 0 Å². The average Bonchev–Trinajstić information content (AvgIpc) is 2.16. The van der Waals surface area contributed by atoms with E-state index in [0.29, 0.717) is 6.04 Å². The molecule has 0 radical (unpaired) electrons. The van der Waals surface area contributed by atoms with Gasteiger partial charge in [-0.25, -0.2) is 0 Å². The van der Waals surface area contributed by atoms with Crippen LogP contribution in [0.15, 0.2) is 24.3 Å². The highest BCUT2D eigenvalue weighted by Crippen LogP contribution is 2.22. The summed E-state index contributed by atoms with van der Waals surface area (Å²) in [5.41, 5.74) is 1.13. The molecule has 0 saturated heterocycles. The molecule has 0 fully saturated rings. The van der Waals surface area contributed by atoms with Crippen LogP contribution in [-0.4, -0.2) is 12.1 Å². The summed E-state index contributed by atoms with van der Waals surface area (Å²) in [6.45, 7) is 11.4. The Hall–Kier alpha value is -1.02. The quantitative estimate of drug-likeness (QED) is 0.839. The Balaban J connectivity index is 2.78. The standard InChI is InChI=1S/C14H23NO/c1-6-15-11(2)12-8-7-9-13(10-12)16-14(3,4)5/h7-11,15H,6H2,1-5H3. The summed E-state index contributed by atoms with van der Waals surface area (Å²) < 4.78 is 5.84. The van der Waals surface area contributed by atoms with Gasteiger partial charge < -0.3 is 10.1 Å². The molecular formula is C14H23NO. The van der Waals surface area contributed by atoms with Crippen LogP contribution in [0.1, 0.15) is 46.2 Å². The summed E-state index contributed by atoms with van der Waals surface area (Å²) >= 11 is 0. The van der Waals surface area contributed by atoms with Gasteiger partial charge in [0.1, 0.15) is 11.4 Å². The largest absolute Gasteiger partial charge is 0.488 e. The summed E-state index contributed by atoms with van der Waals surface area (Å²) in [4.78, 5) is 0. The lowest BCUT2D eigenvalue weighted by molar-refractivity contribution is 0.130. The van der Waals surface area contributed by atoms with Crippen LogP contribution in [0.4, 0.5) is 0 Å².